The number of benzene rings is 1. The molecule has 1 N–H and O–H groups in total. The van der Waals surface area contributed by atoms with E-state index >= 15 is 0 Å². The van der Waals surface area contributed by atoms with Crippen molar-refractivity contribution in [1.29, 1.82) is 0 Å². The first-order valence-corrected chi connectivity index (χ1v) is 6.77. The standard InChI is InChI=1S/C16H21NO4/c1-12(2)10-17-15(18)11-21-16(19)9-6-13-4-7-14(20-3)8-5-13/h4-9,12H,10-11H2,1-3H3,(H,17,18)/b9-6+. The summed E-state index contributed by atoms with van der Waals surface area (Å²) < 4.78 is 9.88. The first kappa shape index (κ1) is 16.8. The van der Waals surface area contributed by atoms with Crippen molar-refractivity contribution in [1.82, 2.24) is 5.32 Å². The van der Waals surface area contributed by atoms with E-state index in [9.17, 15) is 9.59 Å². The molecule has 0 heterocycles. The molecule has 5 nitrogen and oxygen atoms in total. The highest BCUT2D eigenvalue weighted by Gasteiger charge is 2.05. The lowest BCUT2D eigenvalue weighted by molar-refractivity contribution is -0.143. The van der Waals surface area contributed by atoms with Gasteiger partial charge in [-0.3, -0.25) is 4.79 Å². The Labute approximate surface area is 124 Å². The molecule has 0 aliphatic carbocycles. The normalized spacial score (nSPS) is 10.7. The van der Waals surface area contributed by atoms with Crippen LogP contribution in [-0.4, -0.2) is 32.1 Å². The minimum atomic E-state index is -0.550. The van der Waals surface area contributed by atoms with Crippen molar-refractivity contribution in [3.05, 3.63) is 35.9 Å². The van der Waals surface area contributed by atoms with Crippen LogP contribution in [0.15, 0.2) is 30.3 Å². The minimum Gasteiger partial charge on any atom is -0.497 e. The topological polar surface area (TPSA) is 64.6 Å². The van der Waals surface area contributed by atoms with E-state index in [1.54, 1.807) is 25.3 Å². The van der Waals surface area contributed by atoms with Crippen LogP contribution in [0.3, 0.4) is 0 Å². The van der Waals surface area contributed by atoms with Gasteiger partial charge in [-0.15, -0.1) is 0 Å². The molecule has 0 bridgehead atoms. The lowest BCUT2D eigenvalue weighted by Gasteiger charge is -2.07. The van der Waals surface area contributed by atoms with Crippen LogP contribution in [0.4, 0.5) is 0 Å². The van der Waals surface area contributed by atoms with E-state index < -0.39 is 5.97 Å². The molecule has 1 aromatic carbocycles. The summed E-state index contributed by atoms with van der Waals surface area (Å²) in [6.07, 6.45) is 2.91. The average molecular weight is 291 g/mol. The van der Waals surface area contributed by atoms with Crippen molar-refractivity contribution in [2.45, 2.75) is 13.8 Å². The Bertz CT molecular complexity index is 492. The van der Waals surface area contributed by atoms with Crippen LogP contribution in [0, 0.1) is 5.92 Å². The average Bonchev–Trinajstić information content (AvgIpc) is 2.49. The Morgan fingerprint density at radius 3 is 2.48 bits per heavy atom. The van der Waals surface area contributed by atoms with Crippen LogP contribution < -0.4 is 10.1 Å². The fourth-order valence-electron chi connectivity index (χ4n) is 1.43. The largest absolute Gasteiger partial charge is 0.497 e. The lowest BCUT2D eigenvalue weighted by Crippen LogP contribution is -2.31. The first-order valence-electron chi connectivity index (χ1n) is 6.77. The zero-order valence-electron chi connectivity index (χ0n) is 12.6. The number of ether oxygens (including phenoxy) is 2. The van der Waals surface area contributed by atoms with Crippen molar-refractivity contribution in [3.8, 4) is 5.75 Å². The maximum atomic E-state index is 11.5. The van der Waals surface area contributed by atoms with Crippen molar-refractivity contribution in [2.24, 2.45) is 5.92 Å². The molecule has 0 atom stereocenters. The molecule has 1 rings (SSSR count). The van der Waals surface area contributed by atoms with Crippen molar-refractivity contribution >= 4 is 18.0 Å². The highest BCUT2D eigenvalue weighted by atomic mass is 16.5. The van der Waals surface area contributed by atoms with Gasteiger partial charge in [0.1, 0.15) is 5.75 Å². The Balaban J connectivity index is 2.35. The number of carbonyl (C=O) groups is 2. The van der Waals surface area contributed by atoms with Crippen LogP contribution >= 0.6 is 0 Å². The van der Waals surface area contributed by atoms with E-state index in [1.165, 1.54) is 6.08 Å². The Hall–Kier alpha value is -2.30. The third-order valence-corrected chi connectivity index (χ3v) is 2.58. The van der Waals surface area contributed by atoms with E-state index in [-0.39, 0.29) is 12.5 Å². The number of amides is 1. The van der Waals surface area contributed by atoms with Gasteiger partial charge in [0.2, 0.25) is 0 Å². The van der Waals surface area contributed by atoms with Gasteiger partial charge >= 0.3 is 5.97 Å². The summed E-state index contributed by atoms with van der Waals surface area (Å²) in [4.78, 5) is 22.8. The summed E-state index contributed by atoms with van der Waals surface area (Å²) in [5.74, 6) is 0.261. The highest BCUT2D eigenvalue weighted by molar-refractivity contribution is 5.89. The predicted molar refractivity (Wildman–Crippen MR) is 80.8 cm³/mol. The third-order valence-electron chi connectivity index (χ3n) is 2.58. The van der Waals surface area contributed by atoms with Crippen molar-refractivity contribution in [3.63, 3.8) is 0 Å². The van der Waals surface area contributed by atoms with Gasteiger partial charge in [-0.05, 0) is 29.7 Å². The van der Waals surface area contributed by atoms with Crippen LogP contribution in [0.2, 0.25) is 0 Å². The van der Waals surface area contributed by atoms with Crippen LogP contribution in [0.5, 0.6) is 5.75 Å². The minimum absolute atomic E-state index is 0.265. The van der Waals surface area contributed by atoms with E-state index in [1.807, 2.05) is 26.0 Å². The maximum Gasteiger partial charge on any atom is 0.331 e. The second kappa shape index (κ2) is 8.79. The van der Waals surface area contributed by atoms with Crippen molar-refractivity contribution in [2.75, 3.05) is 20.3 Å². The molecular weight excluding hydrogens is 270 g/mol. The lowest BCUT2D eigenvalue weighted by atomic mass is 10.2. The number of methoxy groups -OCH3 is 1. The molecule has 1 aromatic rings. The van der Waals surface area contributed by atoms with Gasteiger partial charge in [0, 0.05) is 12.6 Å². The van der Waals surface area contributed by atoms with Gasteiger partial charge in [0.15, 0.2) is 6.61 Å². The predicted octanol–water partition coefficient (Wildman–Crippen LogP) is 2.02. The van der Waals surface area contributed by atoms with Gasteiger partial charge in [-0.2, -0.15) is 0 Å². The summed E-state index contributed by atoms with van der Waals surface area (Å²) >= 11 is 0. The van der Waals surface area contributed by atoms with Gasteiger partial charge in [0.25, 0.3) is 5.91 Å². The number of nitrogens with one attached hydrogen (secondary N) is 1. The fraction of sp³-hybridized carbons (Fsp3) is 0.375. The SMILES string of the molecule is COc1ccc(/C=C/C(=O)OCC(=O)NCC(C)C)cc1. The second-order valence-corrected chi connectivity index (χ2v) is 4.91. The third kappa shape index (κ3) is 7.15. The first-order chi connectivity index (χ1) is 10.0. The fourth-order valence-corrected chi connectivity index (χ4v) is 1.43. The van der Waals surface area contributed by atoms with Crippen molar-refractivity contribution < 1.29 is 19.1 Å². The quantitative estimate of drug-likeness (QED) is 0.616. The van der Waals surface area contributed by atoms with Gasteiger partial charge in [-0.25, -0.2) is 4.79 Å². The maximum absolute atomic E-state index is 11.5. The number of carbonyl (C=O) groups excluding carboxylic acids is 2. The Kier molecular flexibility index (Phi) is 7.01. The summed E-state index contributed by atoms with van der Waals surface area (Å²) in [7, 11) is 1.59. The number of hydrogen-bond donors (Lipinski definition) is 1. The van der Waals surface area contributed by atoms with Crippen LogP contribution in [-0.2, 0) is 14.3 Å². The van der Waals surface area contributed by atoms with Gasteiger partial charge in [-0.1, -0.05) is 26.0 Å². The molecule has 0 unspecified atom stereocenters. The molecule has 0 spiro atoms. The molecular formula is C16H21NO4. The molecule has 21 heavy (non-hydrogen) atoms. The van der Waals surface area contributed by atoms with E-state index in [4.69, 9.17) is 9.47 Å². The van der Waals surface area contributed by atoms with Gasteiger partial charge in [0.05, 0.1) is 7.11 Å². The second-order valence-electron chi connectivity index (χ2n) is 4.91. The Morgan fingerprint density at radius 1 is 1.24 bits per heavy atom. The molecule has 0 radical (unpaired) electrons. The molecule has 5 heteroatoms. The molecule has 114 valence electrons. The zero-order chi connectivity index (χ0) is 15.7. The van der Waals surface area contributed by atoms with Gasteiger partial charge < -0.3 is 14.8 Å². The monoisotopic (exact) mass is 291 g/mol. The van der Waals surface area contributed by atoms with Crippen LogP contribution in [0.25, 0.3) is 6.08 Å². The molecule has 0 aliphatic rings. The number of esters is 1. The smallest absolute Gasteiger partial charge is 0.331 e. The molecule has 0 aromatic heterocycles. The summed E-state index contributed by atoms with van der Waals surface area (Å²) in [6, 6.07) is 7.23. The molecule has 0 saturated carbocycles. The Morgan fingerprint density at radius 2 is 1.90 bits per heavy atom. The van der Waals surface area contributed by atoms with Crippen LogP contribution in [0.1, 0.15) is 19.4 Å². The molecule has 1 amide bonds. The summed E-state index contributed by atoms with van der Waals surface area (Å²) in [5.41, 5.74) is 0.844. The number of hydrogen-bond acceptors (Lipinski definition) is 4. The molecule has 0 aliphatic heterocycles. The highest BCUT2D eigenvalue weighted by Crippen LogP contribution is 2.12. The zero-order valence-corrected chi connectivity index (χ0v) is 12.6. The van der Waals surface area contributed by atoms with E-state index in [0.717, 1.165) is 11.3 Å². The molecule has 0 fully saturated rings. The summed E-state index contributed by atoms with van der Waals surface area (Å²) in [6.45, 7) is 4.28. The summed E-state index contributed by atoms with van der Waals surface area (Å²) in [5, 5.41) is 2.67. The van der Waals surface area contributed by atoms with E-state index in [2.05, 4.69) is 5.32 Å². The molecule has 0 saturated heterocycles. The number of rotatable bonds is 7. The van der Waals surface area contributed by atoms with E-state index in [0.29, 0.717) is 12.5 Å².